The van der Waals surface area contributed by atoms with E-state index in [4.69, 9.17) is 11.6 Å². The predicted octanol–water partition coefficient (Wildman–Crippen LogP) is 4.64. The van der Waals surface area contributed by atoms with Crippen LogP contribution in [0.3, 0.4) is 0 Å². The third-order valence-corrected chi connectivity index (χ3v) is 3.56. The number of nitriles is 1. The molecule has 0 aliphatic rings. The molecule has 0 unspecified atom stereocenters. The summed E-state index contributed by atoms with van der Waals surface area (Å²) in [5, 5.41) is 9.91. The minimum Gasteiger partial charge on any atom is -0.264 e. The number of halogens is 1. The molecule has 20 heavy (non-hydrogen) atoms. The van der Waals surface area contributed by atoms with E-state index in [9.17, 15) is 5.26 Å². The number of pyridine rings is 1. The topological polar surface area (TPSA) is 36.7 Å². The molecule has 0 radical (unpaired) electrons. The van der Waals surface area contributed by atoms with Crippen molar-refractivity contribution in [2.45, 2.75) is 20.8 Å². The number of hydrogen-bond acceptors (Lipinski definition) is 2. The Morgan fingerprint density at radius 1 is 1.20 bits per heavy atom. The van der Waals surface area contributed by atoms with Gasteiger partial charge in [0.1, 0.15) is 6.07 Å². The fourth-order valence-electron chi connectivity index (χ4n) is 2.40. The molecule has 0 bridgehead atoms. The smallest absolute Gasteiger partial charge is 0.101 e. The monoisotopic (exact) mass is 282 g/mol. The first-order chi connectivity index (χ1) is 9.54. The number of aromatic nitrogens is 1. The molecule has 1 aromatic heterocycles. The lowest BCUT2D eigenvalue weighted by molar-refractivity contribution is 1.29. The lowest BCUT2D eigenvalue weighted by Gasteiger charge is -2.12. The quantitative estimate of drug-likeness (QED) is 0.753. The lowest BCUT2D eigenvalue weighted by atomic mass is 9.96. The number of allylic oxidation sites excluding steroid dienone is 1. The zero-order valence-electron chi connectivity index (χ0n) is 11.7. The van der Waals surface area contributed by atoms with E-state index in [0.29, 0.717) is 10.6 Å². The highest BCUT2D eigenvalue weighted by Crippen LogP contribution is 2.33. The fraction of sp³-hybridized carbons (Fsp3) is 0.176. The van der Waals surface area contributed by atoms with E-state index in [0.717, 1.165) is 22.3 Å². The summed E-state index contributed by atoms with van der Waals surface area (Å²) >= 11 is 6.50. The lowest BCUT2D eigenvalue weighted by Crippen LogP contribution is -1.94. The molecule has 0 N–H and O–H groups in total. The van der Waals surface area contributed by atoms with E-state index < -0.39 is 0 Å². The van der Waals surface area contributed by atoms with Gasteiger partial charge in [-0.25, -0.2) is 0 Å². The average Bonchev–Trinajstić information content (AvgIpc) is 2.39. The van der Waals surface area contributed by atoms with Crippen LogP contribution in [0.15, 0.2) is 36.7 Å². The molecule has 0 fully saturated rings. The third-order valence-electron chi connectivity index (χ3n) is 3.18. The van der Waals surface area contributed by atoms with Crippen molar-refractivity contribution >= 4 is 22.2 Å². The van der Waals surface area contributed by atoms with E-state index in [-0.39, 0.29) is 0 Å². The van der Waals surface area contributed by atoms with Crippen LogP contribution in [0.5, 0.6) is 0 Å². The average molecular weight is 283 g/mol. The summed E-state index contributed by atoms with van der Waals surface area (Å²) in [6.45, 7) is 6.07. The summed E-state index contributed by atoms with van der Waals surface area (Å²) in [5.74, 6) is 0. The number of aryl methyl sites for hydroxylation is 3. The maximum atomic E-state index is 9.43. The van der Waals surface area contributed by atoms with Crippen molar-refractivity contribution in [3.8, 4) is 6.07 Å². The van der Waals surface area contributed by atoms with E-state index >= 15 is 0 Å². The summed E-state index contributed by atoms with van der Waals surface area (Å²) in [6, 6.07) is 9.98. The second-order valence-corrected chi connectivity index (χ2v) is 5.19. The molecular weight excluding hydrogens is 268 g/mol. The van der Waals surface area contributed by atoms with Crippen molar-refractivity contribution in [1.29, 1.82) is 5.26 Å². The summed E-state index contributed by atoms with van der Waals surface area (Å²) in [7, 11) is 0. The van der Waals surface area contributed by atoms with Gasteiger partial charge in [-0.05, 0) is 38.0 Å². The third kappa shape index (κ3) is 2.74. The Bertz CT molecular complexity index is 687. The summed E-state index contributed by atoms with van der Waals surface area (Å²) in [5.41, 5.74) is 5.45. The van der Waals surface area contributed by atoms with Gasteiger partial charge in [-0.2, -0.15) is 5.26 Å². The maximum Gasteiger partial charge on any atom is 0.101 e. The Morgan fingerprint density at radius 3 is 2.35 bits per heavy atom. The first kappa shape index (κ1) is 14.3. The van der Waals surface area contributed by atoms with Gasteiger partial charge in [-0.3, -0.25) is 4.98 Å². The molecule has 2 aromatic rings. The van der Waals surface area contributed by atoms with Gasteiger partial charge in [0.2, 0.25) is 0 Å². The minimum absolute atomic E-state index is 0.454. The molecule has 0 saturated carbocycles. The predicted molar refractivity (Wildman–Crippen MR) is 83.2 cm³/mol. The molecule has 0 aliphatic carbocycles. The molecule has 0 saturated heterocycles. The molecule has 1 aromatic carbocycles. The van der Waals surface area contributed by atoms with Crippen LogP contribution in [0.25, 0.3) is 10.6 Å². The zero-order chi connectivity index (χ0) is 14.7. The number of rotatable bonds is 2. The molecule has 1 heterocycles. The van der Waals surface area contributed by atoms with E-state index in [1.807, 2.05) is 26.8 Å². The molecule has 2 rings (SSSR count). The van der Waals surface area contributed by atoms with Gasteiger partial charge in [0.25, 0.3) is 0 Å². The highest BCUT2D eigenvalue weighted by Gasteiger charge is 2.14. The molecule has 0 atom stereocenters. The number of benzene rings is 1. The normalized spacial score (nSPS) is 11.8. The summed E-state index contributed by atoms with van der Waals surface area (Å²) in [4.78, 5) is 4.04. The van der Waals surface area contributed by atoms with Crippen LogP contribution in [-0.4, -0.2) is 4.98 Å². The second-order valence-electron chi connectivity index (χ2n) is 4.82. The summed E-state index contributed by atoms with van der Waals surface area (Å²) in [6.07, 6.45) is 3.33. The first-order valence-electron chi connectivity index (χ1n) is 6.33. The van der Waals surface area contributed by atoms with Crippen LogP contribution in [0.2, 0.25) is 0 Å². The van der Waals surface area contributed by atoms with Crippen LogP contribution in [0.4, 0.5) is 0 Å². The van der Waals surface area contributed by atoms with Crippen molar-refractivity contribution in [1.82, 2.24) is 4.98 Å². The van der Waals surface area contributed by atoms with Gasteiger partial charge in [0.15, 0.2) is 0 Å². The van der Waals surface area contributed by atoms with Crippen LogP contribution >= 0.6 is 11.6 Å². The van der Waals surface area contributed by atoms with E-state index in [1.165, 1.54) is 5.56 Å². The second kappa shape index (κ2) is 5.90. The Kier molecular flexibility index (Phi) is 4.22. The van der Waals surface area contributed by atoms with Gasteiger partial charge >= 0.3 is 0 Å². The van der Waals surface area contributed by atoms with Crippen molar-refractivity contribution < 1.29 is 0 Å². The molecule has 3 heteroatoms. The Balaban J connectivity index is 2.68. The molecular formula is C17H15ClN2. The first-order valence-corrected chi connectivity index (χ1v) is 6.71. The van der Waals surface area contributed by atoms with Crippen molar-refractivity contribution in [2.24, 2.45) is 0 Å². The van der Waals surface area contributed by atoms with Crippen LogP contribution in [-0.2, 0) is 0 Å². The van der Waals surface area contributed by atoms with E-state index in [2.05, 4.69) is 23.2 Å². The van der Waals surface area contributed by atoms with Crippen molar-refractivity contribution in [3.63, 3.8) is 0 Å². The standard InChI is InChI=1S/C17H15ClN2/c1-11-7-12(2)16(13(3)8-11)17(18)15(9-19)14-5-4-6-20-10-14/h4-8,10H,1-3H3/b17-15+. The zero-order valence-corrected chi connectivity index (χ0v) is 12.5. The maximum absolute atomic E-state index is 9.43. The molecule has 0 amide bonds. The van der Waals surface area contributed by atoms with Gasteiger partial charge < -0.3 is 0 Å². The number of hydrogen-bond donors (Lipinski definition) is 0. The minimum atomic E-state index is 0.454. The van der Waals surface area contributed by atoms with Gasteiger partial charge in [0, 0.05) is 23.5 Å². The van der Waals surface area contributed by atoms with Gasteiger partial charge in [-0.1, -0.05) is 35.4 Å². The fourth-order valence-corrected chi connectivity index (χ4v) is 2.85. The van der Waals surface area contributed by atoms with Gasteiger partial charge in [0.05, 0.1) is 10.6 Å². The highest BCUT2D eigenvalue weighted by atomic mass is 35.5. The van der Waals surface area contributed by atoms with E-state index in [1.54, 1.807) is 18.5 Å². The van der Waals surface area contributed by atoms with Crippen LogP contribution in [0, 0.1) is 32.1 Å². The van der Waals surface area contributed by atoms with Crippen LogP contribution < -0.4 is 0 Å². The largest absolute Gasteiger partial charge is 0.264 e. The van der Waals surface area contributed by atoms with Crippen molar-refractivity contribution in [2.75, 3.05) is 0 Å². The Hall–Kier alpha value is -2.11. The Labute approximate surface area is 124 Å². The number of nitrogens with zero attached hydrogens (tertiary/aromatic N) is 2. The molecule has 2 nitrogen and oxygen atoms in total. The molecule has 0 spiro atoms. The SMILES string of the molecule is Cc1cc(C)c(/C(Cl)=C(/C#N)c2cccnc2)c(C)c1. The molecule has 100 valence electrons. The van der Waals surface area contributed by atoms with Gasteiger partial charge in [-0.15, -0.1) is 0 Å². The van der Waals surface area contributed by atoms with Crippen molar-refractivity contribution in [3.05, 3.63) is 64.5 Å². The summed E-state index contributed by atoms with van der Waals surface area (Å²) < 4.78 is 0. The van der Waals surface area contributed by atoms with Crippen LogP contribution in [0.1, 0.15) is 27.8 Å². The Morgan fingerprint density at radius 2 is 1.85 bits per heavy atom. The molecule has 0 aliphatic heterocycles. The highest BCUT2D eigenvalue weighted by molar-refractivity contribution is 6.53.